The summed E-state index contributed by atoms with van der Waals surface area (Å²) in [5.74, 6) is 1.04. The lowest BCUT2D eigenvalue weighted by atomic mass is 10.1. The van der Waals surface area contributed by atoms with Crippen LogP contribution in [0.15, 0.2) is 60.9 Å². The number of benzene rings is 1. The SMILES string of the molecule is Cc1cccc(-c2cc(Nc3cc(N)ncn3)c3ccccc3n2)n1. The minimum absolute atomic E-state index is 0.413. The van der Waals surface area contributed by atoms with Crippen molar-refractivity contribution in [1.82, 2.24) is 19.9 Å². The lowest BCUT2D eigenvalue weighted by Gasteiger charge is -2.11. The Kier molecular flexibility index (Phi) is 3.70. The van der Waals surface area contributed by atoms with Crippen LogP contribution in [0.4, 0.5) is 17.3 Å². The summed E-state index contributed by atoms with van der Waals surface area (Å²) < 4.78 is 0. The van der Waals surface area contributed by atoms with Crippen LogP contribution >= 0.6 is 0 Å². The van der Waals surface area contributed by atoms with Crippen molar-refractivity contribution >= 4 is 28.2 Å². The summed E-state index contributed by atoms with van der Waals surface area (Å²) in [6.45, 7) is 1.97. The number of anilines is 3. The molecule has 0 unspecified atom stereocenters. The maximum atomic E-state index is 5.75. The molecule has 0 aliphatic carbocycles. The second-order valence-electron chi connectivity index (χ2n) is 5.69. The molecule has 0 saturated carbocycles. The summed E-state index contributed by atoms with van der Waals surface area (Å²) in [7, 11) is 0. The van der Waals surface area contributed by atoms with Crippen LogP contribution in [0.2, 0.25) is 0 Å². The first kappa shape index (κ1) is 15.0. The fourth-order valence-electron chi connectivity index (χ4n) is 2.67. The molecular formula is C19H16N6. The second-order valence-corrected chi connectivity index (χ2v) is 5.69. The highest BCUT2D eigenvalue weighted by molar-refractivity contribution is 5.95. The molecular weight excluding hydrogens is 312 g/mol. The monoisotopic (exact) mass is 328 g/mol. The van der Waals surface area contributed by atoms with Crippen LogP contribution in [0.5, 0.6) is 0 Å². The molecule has 3 aromatic heterocycles. The van der Waals surface area contributed by atoms with Crippen molar-refractivity contribution in [2.75, 3.05) is 11.1 Å². The number of nitrogens with two attached hydrogens (primary N) is 1. The van der Waals surface area contributed by atoms with Crippen molar-refractivity contribution in [3.05, 3.63) is 66.6 Å². The van der Waals surface area contributed by atoms with Gasteiger partial charge in [0.25, 0.3) is 0 Å². The highest BCUT2D eigenvalue weighted by Crippen LogP contribution is 2.29. The lowest BCUT2D eigenvalue weighted by molar-refractivity contribution is 1.17. The predicted molar refractivity (Wildman–Crippen MR) is 99.4 cm³/mol. The van der Waals surface area contributed by atoms with E-state index in [1.807, 2.05) is 55.5 Å². The number of nitrogens with zero attached hydrogens (tertiary/aromatic N) is 4. The van der Waals surface area contributed by atoms with Gasteiger partial charge in [-0.2, -0.15) is 0 Å². The molecule has 122 valence electrons. The quantitative estimate of drug-likeness (QED) is 0.596. The zero-order chi connectivity index (χ0) is 17.2. The highest BCUT2D eigenvalue weighted by atomic mass is 15.0. The third-order valence-electron chi connectivity index (χ3n) is 3.82. The number of aromatic nitrogens is 4. The van der Waals surface area contributed by atoms with Gasteiger partial charge in [-0.1, -0.05) is 24.3 Å². The predicted octanol–water partition coefficient (Wildman–Crippen LogP) is 3.72. The minimum atomic E-state index is 0.413. The van der Waals surface area contributed by atoms with E-state index in [0.29, 0.717) is 11.6 Å². The number of para-hydroxylation sites is 1. The molecule has 4 aromatic rings. The van der Waals surface area contributed by atoms with Gasteiger partial charge in [-0.3, -0.25) is 4.98 Å². The number of nitrogen functional groups attached to an aromatic ring is 1. The average Bonchev–Trinajstić information content (AvgIpc) is 2.62. The number of pyridine rings is 2. The van der Waals surface area contributed by atoms with Crippen LogP contribution in [0.25, 0.3) is 22.3 Å². The van der Waals surface area contributed by atoms with Gasteiger partial charge in [0.05, 0.1) is 22.6 Å². The third kappa shape index (κ3) is 3.10. The molecule has 0 amide bonds. The Morgan fingerprint density at radius 3 is 2.60 bits per heavy atom. The van der Waals surface area contributed by atoms with Crippen LogP contribution in [0, 0.1) is 6.92 Å². The standard InChI is InChI=1S/C19H16N6/c1-12-5-4-8-15(23-12)17-9-16(13-6-2-3-7-14(13)24-17)25-19-10-18(20)21-11-22-19/h2-11H,1H3,(H3,20,21,22,24,25). The van der Waals surface area contributed by atoms with Gasteiger partial charge in [-0.15, -0.1) is 0 Å². The smallest absolute Gasteiger partial charge is 0.135 e. The van der Waals surface area contributed by atoms with Crippen molar-refractivity contribution in [3.63, 3.8) is 0 Å². The van der Waals surface area contributed by atoms with Gasteiger partial charge in [-0.05, 0) is 31.2 Å². The Bertz CT molecular complexity index is 1060. The third-order valence-corrected chi connectivity index (χ3v) is 3.82. The molecule has 25 heavy (non-hydrogen) atoms. The molecule has 3 heterocycles. The molecule has 0 atom stereocenters. The van der Waals surface area contributed by atoms with E-state index in [1.165, 1.54) is 6.33 Å². The molecule has 0 bridgehead atoms. The molecule has 1 aromatic carbocycles. The Balaban J connectivity index is 1.87. The van der Waals surface area contributed by atoms with Gasteiger partial charge in [0.15, 0.2) is 0 Å². The van der Waals surface area contributed by atoms with Crippen LogP contribution in [-0.4, -0.2) is 19.9 Å². The summed E-state index contributed by atoms with van der Waals surface area (Å²) in [4.78, 5) is 17.5. The maximum absolute atomic E-state index is 5.75. The summed E-state index contributed by atoms with van der Waals surface area (Å²) in [5, 5.41) is 4.31. The van der Waals surface area contributed by atoms with E-state index in [2.05, 4.69) is 20.3 Å². The number of fused-ring (bicyclic) bond motifs is 1. The number of aryl methyl sites for hydroxylation is 1. The number of hydrogen-bond acceptors (Lipinski definition) is 6. The van der Waals surface area contributed by atoms with E-state index in [-0.39, 0.29) is 0 Å². The first-order valence-electron chi connectivity index (χ1n) is 7.87. The zero-order valence-corrected chi connectivity index (χ0v) is 13.6. The number of nitrogens with one attached hydrogen (secondary N) is 1. The molecule has 6 nitrogen and oxygen atoms in total. The van der Waals surface area contributed by atoms with E-state index in [1.54, 1.807) is 6.07 Å². The van der Waals surface area contributed by atoms with E-state index < -0.39 is 0 Å². The van der Waals surface area contributed by atoms with Crippen molar-refractivity contribution in [1.29, 1.82) is 0 Å². The van der Waals surface area contributed by atoms with Gasteiger partial charge in [0.2, 0.25) is 0 Å². The number of rotatable bonds is 3. The van der Waals surface area contributed by atoms with Gasteiger partial charge in [-0.25, -0.2) is 15.0 Å². The first-order chi connectivity index (χ1) is 12.2. The largest absolute Gasteiger partial charge is 0.384 e. The molecule has 0 fully saturated rings. The van der Waals surface area contributed by atoms with Crippen molar-refractivity contribution in [2.24, 2.45) is 0 Å². The minimum Gasteiger partial charge on any atom is -0.384 e. The highest BCUT2D eigenvalue weighted by Gasteiger charge is 2.09. The second kappa shape index (κ2) is 6.16. The Labute approximate surface area is 144 Å². The Morgan fingerprint density at radius 1 is 0.880 bits per heavy atom. The topological polar surface area (TPSA) is 89.6 Å². The molecule has 6 heteroatoms. The van der Waals surface area contributed by atoms with E-state index in [9.17, 15) is 0 Å². The normalized spacial score (nSPS) is 10.8. The Morgan fingerprint density at radius 2 is 1.76 bits per heavy atom. The fraction of sp³-hybridized carbons (Fsp3) is 0.0526. The molecule has 0 aliphatic rings. The van der Waals surface area contributed by atoms with Crippen LogP contribution in [-0.2, 0) is 0 Å². The number of hydrogen-bond donors (Lipinski definition) is 2. The van der Waals surface area contributed by atoms with E-state index in [4.69, 9.17) is 10.7 Å². The van der Waals surface area contributed by atoms with Gasteiger partial charge < -0.3 is 11.1 Å². The van der Waals surface area contributed by atoms with Gasteiger partial charge in [0.1, 0.15) is 18.0 Å². The molecule has 3 N–H and O–H groups in total. The van der Waals surface area contributed by atoms with Crippen LogP contribution < -0.4 is 11.1 Å². The van der Waals surface area contributed by atoms with Crippen molar-refractivity contribution < 1.29 is 0 Å². The van der Waals surface area contributed by atoms with Gasteiger partial charge >= 0.3 is 0 Å². The van der Waals surface area contributed by atoms with Crippen molar-refractivity contribution in [2.45, 2.75) is 6.92 Å². The molecule has 0 aliphatic heterocycles. The van der Waals surface area contributed by atoms with E-state index in [0.717, 1.165) is 33.7 Å². The zero-order valence-electron chi connectivity index (χ0n) is 13.6. The first-order valence-corrected chi connectivity index (χ1v) is 7.87. The van der Waals surface area contributed by atoms with Crippen LogP contribution in [0.1, 0.15) is 5.69 Å². The average molecular weight is 328 g/mol. The van der Waals surface area contributed by atoms with Gasteiger partial charge in [0, 0.05) is 17.1 Å². The summed E-state index contributed by atoms with van der Waals surface area (Å²) in [5.41, 5.74) is 10.1. The summed E-state index contributed by atoms with van der Waals surface area (Å²) in [6.07, 6.45) is 1.43. The summed E-state index contributed by atoms with van der Waals surface area (Å²) in [6, 6.07) is 17.5. The molecule has 0 spiro atoms. The Hall–Kier alpha value is -3.54. The van der Waals surface area contributed by atoms with E-state index >= 15 is 0 Å². The fourth-order valence-corrected chi connectivity index (χ4v) is 2.67. The maximum Gasteiger partial charge on any atom is 0.135 e. The molecule has 4 rings (SSSR count). The lowest BCUT2D eigenvalue weighted by Crippen LogP contribution is -1.99. The van der Waals surface area contributed by atoms with Crippen molar-refractivity contribution in [3.8, 4) is 11.4 Å². The van der Waals surface area contributed by atoms with Crippen LogP contribution in [0.3, 0.4) is 0 Å². The summed E-state index contributed by atoms with van der Waals surface area (Å²) >= 11 is 0. The molecule has 0 radical (unpaired) electrons. The molecule has 0 saturated heterocycles.